The zero-order valence-electron chi connectivity index (χ0n) is 17.0. The van der Waals surface area contributed by atoms with Crippen molar-refractivity contribution in [2.75, 3.05) is 0 Å². The molecule has 0 aliphatic carbocycles. The monoisotopic (exact) mass is 352 g/mol. The normalized spacial score (nSPS) is 9.77. The van der Waals surface area contributed by atoms with Gasteiger partial charge in [-0.15, -0.1) is 0 Å². The third-order valence-electron chi connectivity index (χ3n) is 4.01. The van der Waals surface area contributed by atoms with Crippen LogP contribution in [0.4, 0.5) is 0 Å². The molecule has 0 amide bonds. The van der Waals surface area contributed by atoms with Crippen molar-refractivity contribution in [3.05, 3.63) is 70.3 Å². The lowest BCUT2D eigenvalue weighted by Crippen LogP contribution is -2.24. The topological polar surface area (TPSA) is 34.9 Å². The van der Waals surface area contributed by atoms with Gasteiger partial charge in [0, 0.05) is 6.42 Å². The van der Waals surface area contributed by atoms with E-state index in [1.54, 1.807) is 4.57 Å². The van der Waals surface area contributed by atoms with E-state index >= 15 is 0 Å². The predicted molar refractivity (Wildman–Crippen MR) is 113 cm³/mol. The molecular formula is C23H32N2O. The summed E-state index contributed by atoms with van der Waals surface area (Å²) in [4.78, 5) is 17.5. The molecule has 0 saturated carbocycles. The van der Waals surface area contributed by atoms with E-state index in [4.69, 9.17) is 0 Å². The lowest BCUT2D eigenvalue weighted by molar-refractivity contribution is 0.832. The fourth-order valence-corrected chi connectivity index (χ4v) is 2.52. The van der Waals surface area contributed by atoms with E-state index < -0.39 is 0 Å². The standard InChI is InChI=1S/C17H16N2O.C4H10.C2H6/c1-3-15-18-14-11-7-8-12(2)16(14)17(20)19(15)13-9-5-4-6-10-13;1-3-4-2;1-2/h4-11H,3H2,1-2H3;3-4H2,1-2H3;1-2H3. The molecule has 0 atom stereocenters. The smallest absolute Gasteiger partial charge is 0.266 e. The Kier molecular flexibility index (Phi) is 9.35. The SMILES string of the molecule is CC.CCCC.CCc1nc2cccc(C)c2c(=O)n1-c1ccccc1. The molecule has 140 valence electrons. The fraction of sp³-hybridized carbons (Fsp3) is 0.391. The maximum Gasteiger partial charge on any atom is 0.266 e. The van der Waals surface area contributed by atoms with Gasteiger partial charge in [-0.3, -0.25) is 9.36 Å². The molecule has 26 heavy (non-hydrogen) atoms. The Morgan fingerprint density at radius 2 is 1.50 bits per heavy atom. The molecule has 0 aliphatic heterocycles. The zero-order chi connectivity index (χ0) is 19.5. The van der Waals surface area contributed by atoms with Crippen molar-refractivity contribution in [1.82, 2.24) is 9.55 Å². The Morgan fingerprint density at radius 3 is 2.04 bits per heavy atom. The number of hydrogen-bond acceptors (Lipinski definition) is 2. The first-order chi connectivity index (χ1) is 12.6. The fourth-order valence-electron chi connectivity index (χ4n) is 2.52. The molecule has 0 unspecified atom stereocenters. The van der Waals surface area contributed by atoms with Crippen LogP contribution in [0.2, 0.25) is 0 Å². The highest BCUT2D eigenvalue weighted by molar-refractivity contribution is 5.81. The van der Waals surface area contributed by atoms with Crippen LogP contribution in [-0.4, -0.2) is 9.55 Å². The zero-order valence-corrected chi connectivity index (χ0v) is 17.0. The minimum absolute atomic E-state index is 0.0103. The van der Waals surface area contributed by atoms with E-state index in [1.807, 2.05) is 76.2 Å². The van der Waals surface area contributed by atoms with Gasteiger partial charge in [-0.25, -0.2) is 4.98 Å². The second-order valence-electron chi connectivity index (χ2n) is 5.83. The molecule has 0 radical (unpaired) electrons. The van der Waals surface area contributed by atoms with Gasteiger partial charge in [0.2, 0.25) is 0 Å². The molecule has 3 rings (SSSR count). The molecular weight excluding hydrogens is 320 g/mol. The maximum absolute atomic E-state index is 12.9. The molecule has 1 heterocycles. The summed E-state index contributed by atoms with van der Waals surface area (Å²) in [5.74, 6) is 0.791. The molecule has 0 bridgehead atoms. The largest absolute Gasteiger partial charge is 0.268 e. The van der Waals surface area contributed by atoms with E-state index in [0.29, 0.717) is 11.8 Å². The number of unbranched alkanes of at least 4 members (excludes halogenated alkanes) is 1. The highest BCUT2D eigenvalue weighted by atomic mass is 16.1. The lowest BCUT2D eigenvalue weighted by Gasteiger charge is -2.13. The summed E-state index contributed by atoms with van der Waals surface area (Å²) in [5.41, 5.74) is 2.62. The summed E-state index contributed by atoms with van der Waals surface area (Å²) in [5, 5.41) is 0.702. The molecule has 3 nitrogen and oxygen atoms in total. The molecule has 2 aromatic carbocycles. The van der Waals surface area contributed by atoms with Crippen LogP contribution in [0, 0.1) is 6.92 Å². The molecule has 3 aromatic rings. The molecule has 0 fully saturated rings. The number of nitrogens with zero attached hydrogens (tertiary/aromatic N) is 2. The highest BCUT2D eigenvalue weighted by Gasteiger charge is 2.12. The Labute approximate surface area is 157 Å². The molecule has 1 aromatic heterocycles. The van der Waals surface area contributed by atoms with Crippen molar-refractivity contribution in [3.63, 3.8) is 0 Å². The molecule has 0 saturated heterocycles. The van der Waals surface area contributed by atoms with Crippen molar-refractivity contribution in [2.45, 2.75) is 60.8 Å². The summed E-state index contributed by atoms with van der Waals surface area (Å²) in [6.45, 7) is 12.3. The summed E-state index contributed by atoms with van der Waals surface area (Å²) >= 11 is 0. The average Bonchev–Trinajstić information content (AvgIpc) is 2.70. The Morgan fingerprint density at radius 1 is 0.885 bits per heavy atom. The maximum atomic E-state index is 12.9. The quantitative estimate of drug-likeness (QED) is 0.572. The van der Waals surface area contributed by atoms with Gasteiger partial charge in [-0.1, -0.05) is 77.8 Å². The van der Waals surface area contributed by atoms with Crippen molar-refractivity contribution >= 4 is 10.9 Å². The first-order valence-electron chi connectivity index (χ1n) is 9.70. The third-order valence-corrected chi connectivity index (χ3v) is 4.01. The van der Waals surface area contributed by atoms with Gasteiger partial charge >= 0.3 is 0 Å². The predicted octanol–water partition coefficient (Wildman–Crippen LogP) is 6.09. The molecule has 0 N–H and O–H groups in total. The molecule has 3 heteroatoms. The Balaban J connectivity index is 0.000000500. The Bertz CT molecular complexity index is 849. The highest BCUT2D eigenvalue weighted by Crippen LogP contribution is 2.16. The van der Waals surface area contributed by atoms with Gasteiger partial charge in [0.25, 0.3) is 5.56 Å². The van der Waals surface area contributed by atoms with E-state index in [9.17, 15) is 4.79 Å². The van der Waals surface area contributed by atoms with Gasteiger partial charge in [-0.2, -0.15) is 0 Å². The second-order valence-corrected chi connectivity index (χ2v) is 5.83. The van der Waals surface area contributed by atoms with Gasteiger partial charge in [0.05, 0.1) is 16.6 Å². The number of fused-ring (bicyclic) bond motifs is 1. The lowest BCUT2D eigenvalue weighted by atomic mass is 10.1. The molecule has 0 spiro atoms. The van der Waals surface area contributed by atoms with Crippen molar-refractivity contribution in [3.8, 4) is 5.69 Å². The van der Waals surface area contributed by atoms with E-state index in [0.717, 1.165) is 22.6 Å². The van der Waals surface area contributed by atoms with Crippen LogP contribution in [0.15, 0.2) is 53.3 Å². The molecule has 0 aliphatic rings. The van der Waals surface area contributed by atoms with Crippen LogP contribution in [0.5, 0.6) is 0 Å². The number of para-hydroxylation sites is 1. The van der Waals surface area contributed by atoms with E-state index in [2.05, 4.69) is 18.8 Å². The van der Waals surface area contributed by atoms with Crippen LogP contribution in [0.3, 0.4) is 0 Å². The van der Waals surface area contributed by atoms with Gasteiger partial charge in [0.15, 0.2) is 0 Å². The first-order valence-corrected chi connectivity index (χ1v) is 9.70. The van der Waals surface area contributed by atoms with Crippen LogP contribution < -0.4 is 5.56 Å². The van der Waals surface area contributed by atoms with Crippen LogP contribution >= 0.6 is 0 Å². The number of rotatable bonds is 3. The first kappa shape index (κ1) is 21.6. The van der Waals surface area contributed by atoms with Crippen LogP contribution in [0.25, 0.3) is 16.6 Å². The van der Waals surface area contributed by atoms with E-state index in [1.165, 1.54) is 12.8 Å². The third kappa shape index (κ3) is 5.04. The van der Waals surface area contributed by atoms with Crippen LogP contribution in [-0.2, 0) is 6.42 Å². The minimum Gasteiger partial charge on any atom is -0.268 e. The summed E-state index contributed by atoms with van der Waals surface area (Å²) in [6, 6.07) is 15.5. The van der Waals surface area contributed by atoms with Crippen molar-refractivity contribution in [2.24, 2.45) is 0 Å². The summed E-state index contributed by atoms with van der Waals surface area (Å²) in [6.07, 6.45) is 3.36. The number of hydrogen-bond donors (Lipinski definition) is 0. The van der Waals surface area contributed by atoms with Crippen LogP contribution in [0.1, 0.15) is 58.8 Å². The van der Waals surface area contributed by atoms with Gasteiger partial charge < -0.3 is 0 Å². The van der Waals surface area contributed by atoms with Crippen molar-refractivity contribution in [1.29, 1.82) is 0 Å². The summed E-state index contributed by atoms with van der Waals surface area (Å²) in [7, 11) is 0. The van der Waals surface area contributed by atoms with E-state index in [-0.39, 0.29) is 5.56 Å². The number of aryl methyl sites for hydroxylation is 2. The minimum atomic E-state index is 0.0103. The van der Waals surface area contributed by atoms with Gasteiger partial charge in [-0.05, 0) is 30.7 Å². The second kappa shape index (κ2) is 11.2. The number of aromatic nitrogens is 2. The number of benzene rings is 2. The van der Waals surface area contributed by atoms with Crippen molar-refractivity contribution < 1.29 is 0 Å². The van der Waals surface area contributed by atoms with Gasteiger partial charge in [0.1, 0.15) is 5.82 Å². The average molecular weight is 353 g/mol. The Hall–Kier alpha value is -2.42. The summed E-state index contributed by atoms with van der Waals surface area (Å²) < 4.78 is 1.72.